The number of hydrogen-bond donors (Lipinski definition) is 3. The average molecular weight is 551 g/mol. The Hall–Kier alpha value is -4.53. The molecule has 0 bridgehead atoms. The Labute approximate surface area is 223 Å². The van der Waals surface area contributed by atoms with Crippen molar-refractivity contribution >= 4 is 44.9 Å². The van der Waals surface area contributed by atoms with Gasteiger partial charge in [0, 0.05) is 31.4 Å². The van der Waals surface area contributed by atoms with Crippen LogP contribution >= 0.6 is 0 Å². The molecule has 4 heterocycles. The summed E-state index contributed by atoms with van der Waals surface area (Å²) in [6, 6.07) is 5.14. The van der Waals surface area contributed by atoms with Crippen LogP contribution in [0.4, 0.5) is 17.5 Å². The largest absolute Gasteiger partial charge is 0.381 e. The van der Waals surface area contributed by atoms with Crippen molar-refractivity contribution in [3.8, 4) is 11.3 Å². The fraction of sp³-hybridized carbons (Fsp3) is 0.333. The third kappa shape index (κ3) is 4.54. The normalized spacial score (nSPS) is 16.0. The molecule has 1 fully saturated rings. The number of nitrogen functional groups attached to an aromatic ring is 1. The van der Waals surface area contributed by atoms with Gasteiger partial charge in [0.05, 0.1) is 23.2 Å². The molecule has 1 aliphatic heterocycles. The highest BCUT2D eigenvalue weighted by Crippen LogP contribution is 2.41. The van der Waals surface area contributed by atoms with Crippen molar-refractivity contribution in [1.82, 2.24) is 34.3 Å². The predicted molar refractivity (Wildman–Crippen MR) is 142 cm³/mol. The molecule has 1 saturated carbocycles. The lowest BCUT2D eigenvalue weighted by Gasteiger charge is -2.24. The highest BCUT2D eigenvalue weighted by Gasteiger charge is 2.40. The van der Waals surface area contributed by atoms with Gasteiger partial charge in [-0.3, -0.25) is 24.3 Å². The SMILES string of the molecule is C[C@@H](C1CC1)N1Cc2cc(-c3ccn4nc(N)c(C(=O)Nc5ncn(C)n5)c4n3)cc(NS(C)(=O)=O)c2C1=O. The molecule has 6 rings (SSSR count). The number of benzene rings is 1. The highest BCUT2D eigenvalue weighted by atomic mass is 32.2. The maximum atomic E-state index is 13.4. The topological polar surface area (TPSA) is 182 Å². The number of rotatable bonds is 7. The first-order chi connectivity index (χ1) is 18.5. The number of carbonyl (C=O) groups is 2. The van der Waals surface area contributed by atoms with Gasteiger partial charge in [0.15, 0.2) is 11.5 Å². The number of nitrogens with two attached hydrogens (primary N) is 1. The molecule has 4 aromatic rings. The first-order valence-corrected chi connectivity index (χ1v) is 14.2. The van der Waals surface area contributed by atoms with E-state index >= 15 is 0 Å². The van der Waals surface area contributed by atoms with Crippen LogP contribution in [0, 0.1) is 5.92 Å². The number of aromatic nitrogens is 6. The van der Waals surface area contributed by atoms with E-state index in [1.807, 2.05) is 13.0 Å². The van der Waals surface area contributed by atoms with Crippen LogP contribution in [0.15, 0.2) is 30.7 Å². The minimum atomic E-state index is -3.68. The van der Waals surface area contributed by atoms with Crippen LogP contribution in [0.2, 0.25) is 0 Å². The van der Waals surface area contributed by atoms with Crippen LogP contribution in [0.25, 0.3) is 16.9 Å². The van der Waals surface area contributed by atoms with Crippen molar-refractivity contribution < 1.29 is 18.0 Å². The lowest BCUT2D eigenvalue weighted by atomic mass is 10.0. The van der Waals surface area contributed by atoms with Crippen LogP contribution in [0.1, 0.15) is 46.0 Å². The maximum Gasteiger partial charge on any atom is 0.265 e. The number of fused-ring (bicyclic) bond motifs is 2. The second-order valence-electron chi connectivity index (χ2n) is 9.98. The molecule has 1 aromatic carbocycles. The molecule has 15 heteroatoms. The van der Waals surface area contributed by atoms with Gasteiger partial charge in [0.1, 0.15) is 11.9 Å². The van der Waals surface area contributed by atoms with E-state index in [-0.39, 0.29) is 40.6 Å². The molecule has 4 N–H and O–H groups in total. The minimum absolute atomic E-state index is 0.0308. The molecule has 1 aliphatic carbocycles. The molecule has 2 aliphatic rings. The molecule has 202 valence electrons. The molecular formula is C24H26N10O4S. The first kappa shape index (κ1) is 24.8. The summed E-state index contributed by atoms with van der Waals surface area (Å²) in [6.45, 7) is 2.39. The van der Waals surface area contributed by atoms with Crippen molar-refractivity contribution in [2.24, 2.45) is 13.0 Å². The Balaban J connectivity index is 1.42. The van der Waals surface area contributed by atoms with E-state index in [1.54, 1.807) is 30.3 Å². The summed E-state index contributed by atoms with van der Waals surface area (Å²) in [6.07, 6.45) is 6.24. The minimum Gasteiger partial charge on any atom is -0.381 e. The summed E-state index contributed by atoms with van der Waals surface area (Å²) < 4.78 is 29.7. The van der Waals surface area contributed by atoms with E-state index in [1.165, 1.54) is 15.5 Å². The molecule has 0 saturated heterocycles. The smallest absolute Gasteiger partial charge is 0.265 e. The van der Waals surface area contributed by atoms with Gasteiger partial charge in [-0.25, -0.2) is 22.9 Å². The number of aryl methyl sites for hydroxylation is 1. The van der Waals surface area contributed by atoms with Crippen molar-refractivity contribution in [2.45, 2.75) is 32.4 Å². The molecule has 1 atom stereocenters. The number of sulfonamides is 1. The fourth-order valence-electron chi connectivity index (χ4n) is 4.95. The Kier molecular flexibility index (Phi) is 5.57. The molecule has 0 spiro atoms. The Morgan fingerprint density at radius 3 is 2.67 bits per heavy atom. The number of amides is 2. The van der Waals surface area contributed by atoms with Crippen molar-refractivity contribution in [3.63, 3.8) is 0 Å². The molecule has 0 radical (unpaired) electrons. The number of anilines is 3. The lowest BCUT2D eigenvalue weighted by molar-refractivity contribution is 0.0698. The maximum absolute atomic E-state index is 13.4. The van der Waals surface area contributed by atoms with E-state index in [4.69, 9.17) is 5.73 Å². The van der Waals surface area contributed by atoms with Gasteiger partial charge in [-0.15, -0.1) is 10.2 Å². The van der Waals surface area contributed by atoms with E-state index in [0.29, 0.717) is 34.8 Å². The summed E-state index contributed by atoms with van der Waals surface area (Å²) in [5.41, 5.74) is 8.52. The predicted octanol–water partition coefficient (Wildman–Crippen LogP) is 1.49. The van der Waals surface area contributed by atoms with Crippen molar-refractivity contribution in [1.29, 1.82) is 0 Å². The molecule has 39 heavy (non-hydrogen) atoms. The van der Waals surface area contributed by atoms with Gasteiger partial charge < -0.3 is 10.6 Å². The number of nitrogens with zero attached hydrogens (tertiary/aromatic N) is 7. The summed E-state index contributed by atoms with van der Waals surface area (Å²) in [5.74, 6) is -0.256. The Morgan fingerprint density at radius 1 is 1.23 bits per heavy atom. The fourth-order valence-corrected chi connectivity index (χ4v) is 5.51. The zero-order valence-electron chi connectivity index (χ0n) is 21.4. The van der Waals surface area contributed by atoms with E-state index in [2.05, 4.69) is 30.2 Å². The third-order valence-electron chi connectivity index (χ3n) is 6.99. The molecule has 2 amide bonds. The monoisotopic (exact) mass is 550 g/mol. The first-order valence-electron chi connectivity index (χ1n) is 12.3. The van der Waals surface area contributed by atoms with Gasteiger partial charge in [-0.1, -0.05) is 0 Å². The number of hydrogen-bond acceptors (Lipinski definition) is 9. The zero-order valence-corrected chi connectivity index (χ0v) is 22.2. The van der Waals surface area contributed by atoms with Crippen LogP contribution in [-0.4, -0.2) is 66.8 Å². The van der Waals surface area contributed by atoms with Gasteiger partial charge in [0.25, 0.3) is 11.8 Å². The molecule has 14 nitrogen and oxygen atoms in total. The Bertz CT molecular complexity index is 1770. The zero-order chi connectivity index (χ0) is 27.6. The summed E-state index contributed by atoms with van der Waals surface area (Å²) >= 11 is 0. The number of nitrogens with one attached hydrogen (secondary N) is 2. The van der Waals surface area contributed by atoms with Crippen LogP contribution in [-0.2, 0) is 23.6 Å². The van der Waals surface area contributed by atoms with Gasteiger partial charge in [0.2, 0.25) is 16.0 Å². The molecular weight excluding hydrogens is 524 g/mol. The summed E-state index contributed by atoms with van der Waals surface area (Å²) in [7, 11) is -2.01. The van der Waals surface area contributed by atoms with E-state index in [0.717, 1.165) is 19.1 Å². The standard InChI is InChI=1S/C24H26N10O4S/c1-12(13-4-5-13)33-10-15-8-14(9-17(18(15)23(33)36)31-39(3,37)38)16-6-7-34-21(27-16)19(20(25)29-34)22(35)28-24-26-11-32(2)30-24/h6-9,11-13,31H,4-5,10H2,1-3H3,(H2,25,29)(H,28,30,35)/t12-/m0/s1. The van der Waals surface area contributed by atoms with Crippen LogP contribution in [0.3, 0.4) is 0 Å². The van der Waals surface area contributed by atoms with Crippen LogP contribution in [0.5, 0.6) is 0 Å². The number of carbonyl (C=O) groups excluding carboxylic acids is 2. The second kappa shape index (κ2) is 8.76. The van der Waals surface area contributed by atoms with E-state index in [9.17, 15) is 18.0 Å². The van der Waals surface area contributed by atoms with Gasteiger partial charge >= 0.3 is 0 Å². The van der Waals surface area contributed by atoms with Crippen molar-refractivity contribution in [2.75, 3.05) is 22.0 Å². The lowest BCUT2D eigenvalue weighted by Crippen LogP contribution is -2.34. The summed E-state index contributed by atoms with van der Waals surface area (Å²) in [4.78, 5) is 36.8. The third-order valence-corrected chi connectivity index (χ3v) is 7.58. The van der Waals surface area contributed by atoms with Crippen molar-refractivity contribution in [3.05, 3.63) is 47.4 Å². The van der Waals surface area contributed by atoms with E-state index < -0.39 is 15.9 Å². The summed E-state index contributed by atoms with van der Waals surface area (Å²) in [5, 5.41) is 10.8. The van der Waals surface area contributed by atoms with Crippen LogP contribution < -0.4 is 15.8 Å². The van der Waals surface area contributed by atoms with Gasteiger partial charge in [-0.2, -0.15) is 0 Å². The molecule has 3 aromatic heterocycles. The van der Waals surface area contributed by atoms with Gasteiger partial charge in [-0.05, 0) is 49.4 Å². The average Bonchev–Trinajstić information content (AvgIpc) is 3.43. The second-order valence-corrected chi connectivity index (χ2v) is 11.7. The molecule has 0 unspecified atom stereocenters. The Morgan fingerprint density at radius 2 is 2.00 bits per heavy atom. The highest BCUT2D eigenvalue weighted by molar-refractivity contribution is 7.92. The quantitative estimate of drug-likeness (QED) is 0.307.